The van der Waals surface area contributed by atoms with Crippen LogP contribution in [0.1, 0.15) is 51.7 Å². The van der Waals surface area contributed by atoms with Crippen LogP contribution in [0.3, 0.4) is 0 Å². The number of phenols is 1. The van der Waals surface area contributed by atoms with Crippen molar-refractivity contribution in [2.75, 3.05) is 6.54 Å². The molecule has 0 unspecified atom stereocenters. The molecule has 3 rings (SSSR count). The summed E-state index contributed by atoms with van der Waals surface area (Å²) in [5.74, 6) is -3.79. The molecule has 2 amide bonds. The van der Waals surface area contributed by atoms with Crippen molar-refractivity contribution in [3.05, 3.63) is 81.9 Å². The van der Waals surface area contributed by atoms with Gasteiger partial charge in [0.1, 0.15) is 12.1 Å². The molecule has 0 saturated heterocycles. The number of ether oxygens (including phenoxy) is 2. The third-order valence-electron chi connectivity index (χ3n) is 7.22. The summed E-state index contributed by atoms with van der Waals surface area (Å²) in [7, 11) is 0. The van der Waals surface area contributed by atoms with Crippen LogP contribution in [0.2, 0.25) is 10.0 Å². The van der Waals surface area contributed by atoms with E-state index < -0.39 is 47.9 Å². The predicted molar refractivity (Wildman–Crippen MR) is 174 cm³/mol. The van der Waals surface area contributed by atoms with Gasteiger partial charge in [0.05, 0.1) is 16.0 Å². The van der Waals surface area contributed by atoms with Gasteiger partial charge in [-0.15, -0.1) is 0 Å². The molecule has 1 aliphatic rings. The van der Waals surface area contributed by atoms with E-state index in [4.69, 9.17) is 32.7 Å². The maximum Gasteiger partial charge on any atom is 0.347 e. The number of halogens is 2. The molecule has 1 aliphatic heterocycles. The number of amides is 2. The van der Waals surface area contributed by atoms with Crippen molar-refractivity contribution >= 4 is 53.0 Å². The molecule has 2 aromatic rings. The van der Waals surface area contributed by atoms with Crippen LogP contribution >= 0.6 is 23.2 Å². The van der Waals surface area contributed by atoms with E-state index in [1.54, 1.807) is 13.0 Å². The highest BCUT2D eigenvalue weighted by molar-refractivity contribution is 6.37. The van der Waals surface area contributed by atoms with E-state index in [1.165, 1.54) is 18.2 Å². The SMILES string of the molecule is CC(C)C[C@@H]1OC(=O)[C@H](C)CNC(=O)[C@@H](Cc2cc(Cl)c(O)c(Cl)c2)NC(=O)C=CC[C@@H]([C@H](C)C=Cc2ccccc2)OC1=O. The minimum Gasteiger partial charge on any atom is -0.505 e. The Bertz CT molecular complexity index is 1390. The summed E-state index contributed by atoms with van der Waals surface area (Å²) in [5, 5.41) is 15.3. The minimum atomic E-state index is -1.14. The second kappa shape index (κ2) is 17.0. The van der Waals surface area contributed by atoms with Crippen LogP contribution in [0, 0.1) is 17.8 Å². The fourth-order valence-corrected chi connectivity index (χ4v) is 5.13. The molecular formula is C34H40Cl2N2O7. The summed E-state index contributed by atoms with van der Waals surface area (Å²) in [4.78, 5) is 52.6. The van der Waals surface area contributed by atoms with Crippen molar-refractivity contribution in [2.45, 2.75) is 65.2 Å². The molecule has 0 saturated carbocycles. The molecule has 9 nitrogen and oxygen atoms in total. The van der Waals surface area contributed by atoms with Crippen molar-refractivity contribution < 1.29 is 33.8 Å². The molecule has 45 heavy (non-hydrogen) atoms. The Hall–Kier alpha value is -3.82. The van der Waals surface area contributed by atoms with Crippen LogP contribution in [-0.2, 0) is 35.1 Å². The Kier molecular flexibility index (Phi) is 13.5. The number of rotatable bonds is 7. The van der Waals surface area contributed by atoms with Gasteiger partial charge >= 0.3 is 11.9 Å². The summed E-state index contributed by atoms with van der Waals surface area (Å²) in [6.45, 7) is 7.16. The lowest BCUT2D eigenvalue weighted by molar-refractivity contribution is -0.175. The molecule has 0 aromatic heterocycles. The minimum absolute atomic E-state index is 0.000629. The molecule has 1 heterocycles. The topological polar surface area (TPSA) is 131 Å². The van der Waals surface area contributed by atoms with E-state index in [2.05, 4.69) is 10.6 Å². The van der Waals surface area contributed by atoms with E-state index in [9.17, 15) is 24.3 Å². The van der Waals surface area contributed by atoms with Gasteiger partial charge in [0.2, 0.25) is 11.8 Å². The van der Waals surface area contributed by atoms with Crippen molar-refractivity contribution in [3.8, 4) is 5.75 Å². The second-order valence-corrected chi connectivity index (χ2v) is 12.4. The highest BCUT2D eigenvalue weighted by Gasteiger charge is 2.32. The van der Waals surface area contributed by atoms with Crippen LogP contribution in [0.5, 0.6) is 5.75 Å². The van der Waals surface area contributed by atoms with Gasteiger partial charge in [-0.2, -0.15) is 0 Å². The Morgan fingerprint density at radius 2 is 1.67 bits per heavy atom. The normalized spacial score (nSPS) is 22.9. The van der Waals surface area contributed by atoms with Crippen molar-refractivity contribution in [2.24, 2.45) is 17.8 Å². The predicted octanol–water partition coefficient (Wildman–Crippen LogP) is 5.66. The molecule has 0 bridgehead atoms. The van der Waals surface area contributed by atoms with E-state index in [1.807, 2.05) is 63.3 Å². The van der Waals surface area contributed by atoms with Crippen LogP contribution in [0.15, 0.2) is 60.7 Å². The largest absolute Gasteiger partial charge is 0.505 e. The number of hydrogen-bond donors (Lipinski definition) is 3. The number of benzene rings is 2. The summed E-state index contributed by atoms with van der Waals surface area (Å²) < 4.78 is 11.6. The monoisotopic (exact) mass is 658 g/mol. The summed E-state index contributed by atoms with van der Waals surface area (Å²) in [6.07, 6.45) is 5.31. The maximum absolute atomic E-state index is 13.4. The highest BCUT2D eigenvalue weighted by atomic mass is 35.5. The molecule has 0 fully saturated rings. The van der Waals surface area contributed by atoms with E-state index in [-0.39, 0.29) is 53.4 Å². The van der Waals surface area contributed by atoms with Crippen LogP contribution in [0.25, 0.3) is 6.08 Å². The lowest BCUT2D eigenvalue weighted by Crippen LogP contribution is -2.49. The molecule has 0 radical (unpaired) electrons. The van der Waals surface area contributed by atoms with E-state index in [0.29, 0.717) is 5.56 Å². The number of carbonyl (C=O) groups is 4. The zero-order chi connectivity index (χ0) is 33.1. The van der Waals surface area contributed by atoms with Gasteiger partial charge in [-0.05, 0) is 41.7 Å². The fourth-order valence-electron chi connectivity index (χ4n) is 4.59. The van der Waals surface area contributed by atoms with E-state index >= 15 is 0 Å². The van der Waals surface area contributed by atoms with E-state index in [0.717, 1.165) is 5.56 Å². The summed E-state index contributed by atoms with van der Waals surface area (Å²) in [5.41, 5.74) is 1.47. The van der Waals surface area contributed by atoms with Gasteiger partial charge in [-0.3, -0.25) is 14.4 Å². The third kappa shape index (κ3) is 11.2. The van der Waals surface area contributed by atoms with Gasteiger partial charge in [0, 0.05) is 25.3 Å². The van der Waals surface area contributed by atoms with Crippen molar-refractivity contribution in [1.29, 1.82) is 0 Å². The Morgan fingerprint density at radius 1 is 1.00 bits per heavy atom. The fraction of sp³-hybridized carbons (Fsp3) is 0.412. The van der Waals surface area contributed by atoms with Crippen LogP contribution in [0.4, 0.5) is 0 Å². The Morgan fingerprint density at radius 3 is 2.31 bits per heavy atom. The average Bonchev–Trinajstić information content (AvgIpc) is 2.99. The lowest BCUT2D eigenvalue weighted by Gasteiger charge is -2.26. The van der Waals surface area contributed by atoms with Crippen LogP contribution < -0.4 is 10.6 Å². The molecular weight excluding hydrogens is 619 g/mol. The first-order valence-corrected chi connectivity index (χ1v) is 15.7. The first kappa shape index (κ1) is 35.7. The average molecular weight is 660 g/mol. The quantitative estimate of drug-likeness (QED) is 0.327. The number of hydrogen-bond acceptors (Lipinski definition) is 7. The van der Waals surface area contributed by atoms with Gasteiger partial charge in [0.15, 0.2) is 11.9 Å². The third-order valence-corrected chi connectivity index (χ3v) is 7.80. The Balaban J connectivity index is 1.91. The lowest BCUT2D eigenvalue weighted by atomic mass is 9.99. The second-order valence-electron chi connectivity index (χ2n) is 11.6. The first-order valence-electron chi connectivity index (χ1n) is 14.9. The molecule has 5 atom stereocenters. The van der Waals surface area contributed by atoms with Crippen molar-refractivity contribution in [3.63, 3.8) is 0 Å². The number of phenolic OH excluding ortho intramolecular Hbond substituents is 1. The molecule has 2 aromatic carbocycles. The molecule has 0 spiro atoms. The van der Waals surface area contributed by atoms with Gasteiger partial charge in [-0.1, -0.05) is 99.5 Å². The molecule has 11 heteroatoms. The standard InChI is InChI=1S/C34H40Cl2N2O7/c1-20(2)15-29-34(43)44-28(21(3)13-14-23-9-6-5-7-10-23)11-8-12-30(39)38-27(32(41)37-19-22(4)33(42)45-29)18-24-16-25(35)31(40)26(36)17-24/h5-10,12-14,16-17,20-22,27-29,40H,11,15,18-19H2,1-4H3,(H,37,41)(H,38,39)/t21-,22-,27-,28+,29+/m1/s1. The number of nitrogens with one attached hydrogen (secondary N) is 2. The molecule has 0 aliphatic carbocycles. The highest BCUT2D eigenvalue weighted by Crippen LogP contribution is 2.33. The van der Waals surface area contributed by atoms with Gasteiger partial charge < -0.3 is 25.2 Å². The van der Waals surface area contributed by atoms with Crippen LogP contribution in [-0.4, -0.2) is 53.7 Å². The molecule has 242 valence electrons. The number of aromatic hydroxyl groups is 1. The van der Waals surface area contributed by atoms with Crippen molar-refractivity contribution in [1.82, 2.24) is 10.6 Å². The number of cyclic esters (lactones) is 2. The number of esters is 2. The molecule has 3 N–H and O–H groups in total. The van der Waals surface area contributed by atoms with Gasteiger partial charge in [-0.25, -0.2) is 4.79 Å². The smallest absolute Gasteiger partial charge is 0.347 e. The summed E-state index contributed by atoms with van der Waals surface area (Å²) in [6, 6.07) is 11.5. The first-order chi connectivity index (χ1) is 21.3. The number of carbonyl (C=O) groups excluding carboxylic acids is 4. The van der Waals surface area contributed by atoms with Gasteiger partial charge in [0.25, 0.3) is 0 Å². The maximum atomic E-state index is 13.4. The summed E-state index contributed by atoms with van der Waals surface area (Å²) >= 11 is 12.1. The zero-order valence-corrected chi connectivity index (χ0v) is 27.3. The zero-order valence-electron chi connectivity index (χ0n) is 25.8. The Labute approximate surface area is 274 Å².